The number of hydrogen-bond donors (Lipinski definition) is 0. The molecule has 0 bridgehead atoms. The Morgan fingerprint density at radius 3 is 1.80 bits per heavy atom. The molecule has 0 saturated heterocycles. The molecule has 4 aliphatic rings. The molecule has 4 aromatic carbocycles. The third-order valence-electron chi connectivity index (χ3n) is 13.5. The first-order valence-corrected chi connectivity index (χ1v) is 23.0. The molecule has 0 radical (unpaired) electrons. The quantitative estimate of drug-likeness (QED) is 0.204. The van der Waals surface area contributed by atoms with Gasteiger partial charge in [0.05, 0.1) is 0 Å². The predicted octanol–water partition coefficient (Wildman–Crippen LogP) is 4.72. The van der Waals surface area contributed by atoms with E-state index in [2.05, 4.69) is 152 Å². The van der Waals surface area contributed by atoms with E-state index in [-0.39, 0.29) is 46.5 Å². The second kappa shape index (κ2) is 15.8. The Balaban J connectivity index is 0.000000223. The molecule has 8 rings (SSSR count). The molecule has 2 unspecified atom stereocenters. The van der Waals surface area contributed by atoms with Gasteiger partial charge in [0.25, 0.3) is 0 Å². The van der Waals surface area contributed by atoms with Crippen LogP contribution in [0.3, 0.4) is 0 Å². The second-order valence-electron chi connectivity index (χ2n) is 15.8. The van der Waals surface area contributed by atoms with Crippen LogP contribution < -0.4 is 35.2 Å². The Bertz CT molecular complexity index is 1800. The Morgan fingerprint density at radius 2 is 1.26 bits per heavy atom. The molecule has 0 N–H and O–H groups in total. The Kier molecular flexibility index (Phi) is 12.8. The van der Waals surface area contributed by atoms with Crippen LogP contribution in [0, 0.1) is 33.5 Å². The second-order valence-corrected chi connectivity index (χ2v) is 21.4. The average molecular weight is 795 g/mol. The third kappa shape index (κ3) is 6.62. The van der Waals surface area contributed by atoms with Crippen LogP contribution in [0.1, 0.15) is 79.4 Å². The van der Waals surface area contributed by atoms with Gasteiger partial charge in [-0.2, -0.15) is 29.3 Å². The fraction of sp³-hybridized carbons (Fsp3) is 0.348. The van der Waals surface area contributed by atoms with Crippen molar-refractivity contribution in [3.63, 3.8) is 0 Å². The van der Waals surface area contributed by atoms with Crippen LogP contribution in [0.5, 0.6) is 0 Å². The first kappa shape index (κ1) is 40.5. The van der Waals surface area contributed by atoms with E-state index in [9.17, 15) is 0 Å². The molecule has 4 heteroatoms. The Labute approximate surface area is 330 Å². The smallest absolute Gasteiger partial charge is 0.172 e. The van der Waals surface area contributed by atoms with Crippen molar-refractivity contribution in [1.29, 1.82) is 0 Å². The summed E-state index contributed by atoms with van der Waals surface area (Å²) in [5, 5.41) is 3.03. The molecule has 1 fully saturated rings. The molecule has 0 nitrogen and oxygen atoms in total. The molecule has 4 aromatic rings. The van der Waals surface area contributed by atoms with E-state index in [1.54, 1.807) is 51.5 Å². The molecule has 260 valence electrons. The maximum Gasteiger partial charge on any atom is -0.172 e. The van der Waals surface area contributed by atoms with Gasteiger partial charge < -0.3 is 24.8 Å². The van der Waals surface area contributed by atoms with E-state index in [0.717, 1.165) is 6.42 Å². The monoisotopic (exact) mass is 792 g/mol. The van der Waals surface area contributed by atoms with Gasteiger partial charge in [0.15, 0.2) is 0 Å². The van der Waals surface area contributed by atoms with E-state index < -0.39 is 5.43 Å². The van der Waals surface area contributed by atoms with E-state index in [1.807, 2.05) is 30.3 Å². The molecular formula is C46H52Cl2SiZr-2. The van der Waals surface area contributed by atoms with Crippen LogP contribution >= 0.6 is 0 Å². The van der Waals surface area contributed by atoms with Crippen molar-refractivity contribution in [3.05, 3.63) is 161 Å². The van der Waals surface area contributed by atoms with Crippen molar-refractivity contribution in [1.82, 2.24) is 0 Å². The Hall–Kier alpha value is -2.22. The predicted molar refractivity (Wildman–Crippen MR) is 204 cm³/mol. The molecule has 0 aromatic heterocycles. The normalized spacial score (nSPS) is 22.8. The summed E-state index contributed by atoms with van der Waals surface area (Å²) in [7, 11) is 0. The zero-order chi connectivity index (χ0) is 34.3. The zero-order valence-electron chi connectivity index (χ0n) is 31.1. The van der Waals surface area contributed by atoms with Crippen LogP contribution in [0.2, 0.25) is 0 Å². The summed E-state index contributed by atoms with van der Waals surface area (Å²) in [4.78, 5) is 0. The van der Waals surface area contributed by atoms with Crippen LogP contribution in [-0.2, 0) is 29.8 Å². The zero-order valence-corrected chi connectivity index (χ0v) is 36.0. The minimum atomic E-state index is -0.455. The Morgan fingerprint density at radius 1 is 0.720 bits per heavy atom. The molecule has 0 heterocycles. The first-order chi connectivity index (χ1) is 22.9. The van der Waals surface area contributed by atoms with Crippen LogP contribution in [0.25, 0.3) is 5.57 Å². The van der Waals surface area contributed by atoms with Crippen LogP contribution in [-0.4, -0.2) is 5.43 Å². The summed E-state index contributed by atoms with van der Waals surface area (Å²) in [5.74, 6) is 2.24. The summed E-state index contributed by atoms with van der Waals surface area (Å²) < 4.78 is 0. The van der Waals surface area contributed by atoms with Gasteiger partial charge in [-0.3, -0.25) is 0 Å². The maximum absolute atomic E-state index is 2.62. The minimum absolute atomic E-state index is 0. The van der Waals surface area contributed by atoms with Gasteiger partial charge in [0, 0.05) is 0 Å². The molecule has 0 aliphatic heterocycles. The van der Waals surface area contributed by atoms with Gasteiger partial charge in [-0.15, -0.1) is 6.92 Å². The summed E-state index contributed by atoms with van der Waals surface area (Å²) in [6.45, 7) is 20.3. The average Bonchev–Trinajstić information content (AvgIpc) is 3.81. The van der Waals surface area contributed by atoms with Gasteiger partial charge >= 0.3 is 99.8 Å². The molecule has 50 heavy (non-hydrogen) atoms. The molecular weight excluding hydrogens is 743 g/mol. The van der Waals surface area contributed by atoms with Gasteiger partial charge in [0.2, 0.25) is 0 Å². The van der Waals surface area contributed by atoms with Crippen molar-refractivity contribution in [2.24, 2.45) is 27.6 Å². The number of halogens is 2. The summed E-state index contributed by atoms with van der Waals surface area (Å²) in [6, 6.07) is 40.8. The molecule has 0 spiro atoms. The molecule has 0 amide bonds. The van der Waals surface area contributed by atoms with Crippen LogP contribution in [0.15, 0.2) is 144 Å². The number of fused-ring (bicyclic) bond motifs is 6. The topological polar surface area (TPSA) is 0 Å². The maximum atomic E-state index is 2.62. The van der Waals surface area contributed by atoms with Crippen molar-refractivity contribution in [3.8, 4) is 0 Å². The van der Waals surface area contributed by atoms with E-state index >= 15 is 0 Å². The number of allylic oxidation sites excluding steroid dienone is 6. The van der Waals surface area contributed by atoms with Crippen LogP contribution in [0.4, 0.5) is 0 Å². The fourth-order valence-corrected chi connectivity index (χ4v) is 13.1. The van der Waals surface area contributed by atoms with Gasteiger partial charge in [-0.05, 0) is 40.6 Å². The van der Waals surface area contributed by atoms with Crippen molar-refractivity contribution in [2.75, 3.05) is 0 Å². The van der Waals surface area contributed by atoms with Gasteiger partial charge in [0.1, 0.15) is 0 Å². The molecule has 4 aliphatic carbocycles. The summed E-state index contributed by atoms with van der Waals surface area (Å²) >= 11 is 1.64. The SMILES string of the molecule is C[C-]1C2=C3Cc4ccccc4C3=C3C=CCCC3C2(C)C(C)(C)C(C)(C)C1(C)C.[Cl-].[Cl-].[Zr+2]=[Si](c1ccccc1)c1ccccc1.c1cc[cH-]c1. The number of rotatable bonds is 2. The van der Waals surface area contributed by atoms with Gasteiger partial charge in [-0.1, -0.05) is 113 Å². The summed E-state index contributed by atoms with van der Waals surface area (Å²) in [5.41, 5.74) is 9.84. The van der Waals surface area contributed by atoms with Crippen molar-refractivity contribution in [2.45, 2.75) is 74.7 Å². The summed E-state index contributed by atoms with van der Waals surface area (Å²) in [6.07, 6.45) is 8.50. The van der Waals surface area contributed by atoms with E-state index in [0.29, 0.717) is 5.92 Å². The molecule has 2 atom stereocenters. The van der Waals surface area contributed by atoms with Crippen molar-refractivity contribution < 1.29 is 48.1 Å². The molecule has 1 saturated carbocycles. The van der Waals surface area contributed by atoms with Gasteiger partial charge in [-0.25, -0.2) is 18.1 Å². The number of benzene rings is 3. The third-order valence-corrected chi connectivity index (χ3v) is 19.6. The standard InChI is InChI=1S/C29H37.C12H10Si.C5H5.2ClH.Zr/c1-18-25-22-17-19-13-9-10-14-20(19)24(22)21-15-11-12-16-23(21)29(25,8)28(6,7)27(4,5)26(18,2)3;1-3-7-11(8-4-1)13-12-9-5-2-6-10-12;1-2-4-5-3-1;;;/h9-11,13-15,23H,12,16-17H2,1-8H3;1-10H;1-5H;2*1H;/q-1;;-1;;;+2/p-2. The first-order valence-electron chi connectivity index (χ1n) is 17.8. The van der Waals surface area contributed by atoms with E-state index in [1.165, 1.54) is 34.3 Å². The van der Waals surface area contributed by atoms with Crippen molar-refractivity contribution >= 4 is 21.4 Å². The van der Waals surface area contributed by atoms with E-state index in [4.69, 9.17) is 0 Å². The minimum Gasteiger partial charge on any atom is -0.214 e. The number of hydrogen-bond acceptors (Lipinski definition) is 0. The fourth-order valence-electron chi connectivity index (χ4n) is 9.27. The largest absolute Gasteiger partial charge is 0.214 e.